The molecule has 0 bridgehead atoms. The summed E-state index contributed by atoms with van der Waals surface area (Å²) in [6.07, 6.45) is 2.95. The minimum Gasteiger partial charge on any atom is -0.489 e. The van der Waals surface area contributed by atoms with E-state index in [0.717, 1.165) is 0 Å². The Morgan fingerprint density at radius 3 is 2.74 bits per heavy atom. The number of nitrogens with one attached hydrogen (secondary N) is 3. The highest BCUT2D eigenvalue weighted by Crippen LogP contribution is 2.13. The van der Waals surface area contributed by atoms with Crippen LogP contribution in [0.1, 0.15) is 17.3 Å². The lowest BCUT2D eigenvalue weighted by molar-refractivity contribution is 0.0954. The van der Waals surface area contributed by atoms with Crippen LogP contribution in [-0.4, -0.2) is 49.6 Å². The van der Waals surface area contributed by atoms with Crippen molar-refractivity contribution in [3.8, 4) is 5.75 Å². The van der Waals surface area contributed by atoms with Gasteiger partial charge in [0, 0.05) is 38.6 Å². The van der Waals surface area contributed by atoms with E-state index >= 15 is 0 Å². The second-order valence-corrected chi connectivity index (χ2v) is 5.76. The lowest BCUT2D eigenvalue weighted by atomic mass is 10.3. The Balaban J connectivity index is 1.66. The number of pyridine rings is 1. The molecule has 1 amide bonds. The summed E-state index contributed by atoms with van der Waals surface area (Å²) in [6.45, 7) is 3.30. The van der Waals surface area contributed by atoms with E-state index < -0.39 is 0 Å². The van der Waals surface area contributed by atoms with Crippen molar-refractivity contribution in [1.29, 1.82) is 0 Å². The fourth-order valence-electron chi connectivity index (χ4n) is 2.23. The predicted octanol–water partition coefficient (Wildman–Crippen LogP) is 1.58. The third-order valence-electron chi connectivity index (χ3n) is 3.54. The third kappa shape index (κ3) is 7.31. The van der Waals surface area contributed by atoms with Gasteiger partial charge in [-0.3, -0.25) is 14.8 Å². The highest BCUT2D eigenvalue weighted by atomic mass is 19.1. The molecule has 0 radical (unpaired) electrons. The van der Waals surface area contributed by atoms with Gasteiger partial charge in [-0.1, -0.05) is 6.07 Å². The minimum absolute atomic E-state index is 0.176. The largest absolute Gasteiger partial charge is 0.489 e. The average Bonchev–Trinajstić information content (AvgIpc) is 2.68. The highest BCUT2D eigenvalue weighted by Gasteiger charge is 2.07. The Kier molecular flexibility index (Phi) is 8.02. The highest BCUT2D eigenvalue weighted by molar-refractivity contribution is 5.93. The topological polar surface area (TPSA) is 87.6 Å². The van der Waals surface area contributed by atoms with Crippen molar-refractivity contribution in [2.24, 2.45) is 4.99 Å². The molecule has 1 aromatic heterocycles. The zero-order valence-electron chi connectivity index (χ0n) is 15.4. The van der Waals surface area contributed by atoms with E-state index in [-0.39, 0.29) is 17.8 Å². The van der Waals surface area contributed by atoms with Crippen LogP contribution in [0.15, 0.2) is 53.8 Å². The SMILES string of the molecule is CN=C(NCCNC(=O)c1cccnc1)NCC(C)Oc1cccc(F)c1. The Morgan fingerprint density at radius 2 is 2.04 bits per heavy atom. The fraction of sp³-hybridized carbons (Fsp3) is 0.316. The first-order valence-electron chi connectivity index (χ1n) is 8.63. The van der Waals surface area contributed by atoms with Crippen LogP contribution >= 0.6 is 0 Å². The number of benzene rings is 1. The molecule has 2 aromatic rings. The van der Waals surface area contributed by atoms with E-state index in [2.05, 4.69) is 25.9 Å². The van der Waals surface area contributed by atoms with E-state index in [9.17, 15) is 9.18 Å². The van der Waals surface area contributed by atoms with Crippen LogP contribution in [0, 0.1) is 5.82 Å². The van der Waals surface area contributed by atoms with Crippen molar-refractivity contribution in [2.45, 2.75) is 13.0 Å². The van der Waals surface area contributed by atoms with Gasteiger partial charge in [0.1, 0.15) is 17.7 Å². The molecule has 0 saturated carbocycles. The molecule has 144 valence electrons. The molecule has 1 unspecified atom stereocenters. The van der Waals surface area contributed by atoms with Crippen molar-refractivity contribution >= 4 is 11.9 Å². The maximum Gasteiger partial charge on any atom is 0.252 e. The maximum absolute atomic E-state index is 13.2. The number of amides is 1. The number of rotatable bonds is 8. The molecule has 2 rings (SSSR count). The summed E-state index contributed by atoms with van der Waals surface area (Å²) < 4.78 is 18.8. The second-order valence-electron chi connectivity index (χ2n) is 5.76. The number of hydrogen-bond acceptors (Lipinski definition) is 4. The molecule has 0 spiro atoms. The van der Waals surface area contributed by atoms with Crippen molar-refractivity contribution in [1.82, 2.24) is 20.9 Å². The van der Waals surface area contributed by atoms with Gasteiger partial charge in [0.05, 0.1) is 12.1 Å². The van der Waals surface area contributed by atoms with Crippen LogP contribution in [0.5, 0.6) is 5.75 Å². The van der Waals surface area contributed by atoms with Gasteiger partial charge in [-0.05, 0) is 31.2 Å². The van der Waals surface area contributed by atoms with Gasteiger partial charge in [-0.25, -0.2) is 4.39 Å². The van der Waals surface area contributed by atoms with Gasteiger partial charge in [-0.15, -0.1) is 0 Å². The van der Waals surface area contributed by atoms with Gasteiger partial charge in [0.25, 0.3) is 5.91 Å². The predicted molar refractivity (Wildman–Crippen MR) is 102 cm³/mol. The van der Waals surface area contributed by atoms with Crippen LogP contribution < -0.4 is 20.7 Å². The van der Waals surface area contributed by atoms with Crippen LogP contribution in [0.25, 0.3) is 0 Å². The van der Waals surface area contributed by atoms with E-state index in [1.54, 1.807) is 37.5 Å². The number of carbonyl (C=O) groups is 1. The summed E-state index contributed by atoms with van der Waals surface area (Å²) in [5.74, 6) is 0.550. The molecule has 1 aromatic carbocycles. The lowest BCUT2D eigenvalue weighted by Crippen LogP contribution is -2.44. The molecule has 7 nitrogen and oxygen atoms in total. The van der Waals surface area contributed by atoms with Gasteiger partial charge >= 0.3 is 0 Å². The third-order valence-corrected chi connectivity index (χ3v) is 3.54. The van der Waals surface area contributed by atoms with Gasteiger partial charge in [-0.2, -0.15) is 0 Å². The molecule has 0 saturated heterocycles. The molecule has 0 aliphatic carbocycles. The average molecular weight is 373 g/mol. The number of guanidine groups is 1. The molecule has 0 fully saturated rings. The first kappa shape index (κ1) is 20.2. The summed E-state index contributed by atoms with van der Waals surface area (Å²) >= 11 is 0. The molecule has 8 heteroatoms. The summed E-state index contributed by atoms with van der Waals surface area (Å²) in [5.41, 5.74) is 0.517. The summed E-state index contributed by atoms with van der Waals surface area (Å²) in [5, 5.41) is 9.02. The monoisotopic (exact) mass is 373 g/mol. The quantitative estimate of drug-likeness (QED) is 0.372. The Hall–Kier alpha value is -3.16. The Morgan fingerprint density at radius 1 is 1.22 bits per heavy atom. The molecule has 0 aliphatic heterocycles. The second kappa shape index (κ2) is 10.7. The summed E-state index contributed by atoms with van der Waals surface area (Å²) in [7, 11) is 1.65. The number of aromatic nitrogens is 1. The van der Waals surface area contributed by atoms with E-state index in [0.29, 0.717) is 36.9 Å². The zero-order valence-corrected chi connectivity index (χ0v) is 15.4. The van der Waals surface area contributed by atoms with Gasteiger partial charge in [0.15, 0.2) is 5.96 Å². The van der Waals surface area contributed by atoms with Crippen LogP contribution in [0.4, 0.5) is 4.39 Å². The lowest BCUT2D eigenvalue weighted by Gasteiger charge is -2.18. The number of nitrogens with zero attached hydrogens (tertiary/aromatic N) is 2. The van der Waals surface area contributed by atoms with Crippen molar-refractivity contribution < 1.29 is 13.9 Å². The first-order valence-corrected chi connectivity index (χ1v) is 8.63. The fourth-order valence-corrected chi connectivity index (χ4v) is 2.23. The Bertz CT molecular complexity index is 755. The van der Waals surface area contributed by atoms with E-state index in [4.69, 9.17) is 4.74 Å². The Labute approximate surface area is 158 Å². The zero-order chi connectivity index (χ0) is 19.5. The van der Waals surface area contributed by atoms with E-state index in [1.165, 1.54) is 18.3 Å². The smallest absolute Gasteiger partial charge is 0.252 e. The van der Waals surface area contributed by atoms with Crippen LogP contribution in [-0.2, 0) is 0 Å². The minimum atomic E-state index is -0.335. The number of aliphatic imine (C=N–C) groups is 1. The number of ether oxygens (including phenoxy) is 1. The van der Waals surface area contributed by atoms with Crippen LogP contribution in [0.2, 0.25) is 0 Å². The molecule has 27 heavy (non-hydrogen) atoms. The molecule has 0 aliphatic rings. The summed E-state index contributed by atoms with van der Waals surface area (Å²) in [6, 6.07) is 9.44. The van der Waals surface area contributed by atoms with Gasteiger partial charge < -0.3 is 20.7 Å². The number of carbonyl (C=O) groups excluding carboxylic acids is 1. The molecule has 1 heterocycles. The maximum atomic E-state index is 13.2. The number of hydrogen-bond donors (Lipinski definition) is 3. The normalized spacial score (nSPS) is 12.2. The van der Waals surface area contributed by atoms with Crippen molar-refractivity contribution in [3.05, 3.63) is 60.2 Å². The van der Waals surface area contributed by atoms with Crippen molar-refractivity contribution in [3.63, 3.8) is 0 Å². The molecular weight excluding hydrogens is 349 g/mol. The number of halogens is 1. The first-order chi connectivity index (χ1) is 13.1. The molecule has 1 atom stereocenters. The van der Waals surface area contributed by atoms with Crippen molar-refractivity contribution in [2.75, 3.05) is 26.7 Å². The van der Waals surface area contributed by atoms with Gasteiger partial charge in [0.2, 0.25) is 0 Å². The molecule has 3 N–H and O–H groups in total. The standard InChI is InChI=1S/C19H24FN5O2/c1-14(27-17-7-3-6-16(20)11-17)12-25-19(21-2)24-10-9-23-18(26)15-5-4-8-22-13-15/h3-8,11,13-14H,9-10,12H2,1-2H3,(H,23,26)(H2,21,24,25). The van der Waals surface area contributed by atoms with Crippen LogP contribution in [0.3, 0.4) is 0 Å². The molecular formula is C19H24FN5O2. The summed E-state index contributed by atoms with van der Waals surface area (Å²) in [4.78, 5) is 19.9. The van der Waals surface area contributed by atoms with E-state index in [1.807, 2.05) is 6.92 Å².